The van der Waals surface area contributed by atoms with E-state index in [0.717, 1.165) is 31.6 Å². The zero-order valence-corrected chi connectivity index (χ0v) is 11.4. The average molecular weight is 253 g/mol. The van der Waals surface area contributed by atoms with Crippen LogP contribution in [-0.2, 0) is 4.79 Å². The highest BCUT2D eigenvalue weighted by Crippen LogP contribution is 2.31. The van der Waals surface area contributed by atoms with E-state index in [9.17, 15) is 9.90 Å². The Morgan fingerprint density at radius 1 is 1.17 bits per heavy atom. The lowest BCUT2D eigenvalue weighted by atomic mass is 9.77. The number of aliphatic hydroxyl groups excluding tert-OH is 1. The van der Waals surface area contributed by atoms with Crippen molar-refractivity contribution in [2.45, 2.75) is 76.2 Å². The summed E-state index contributed by atoms with van der Waals surface area (Å²) in [5.74, 6) is 1.00. The first-order valence-corrected chi connectivity index (χ1v) is 7.66. The summed E-state index contributed by atoms with van der Waals surface area (Å²) in [6.45, 7) is 0.0986. The molecular weight excluding hydrogens is 226 g/mol. The fourth-order valence-electron chi connectivity index (χ4n) is 3.31. The van der Waals surface area contributed by atoms with Crippen LogP contribution < -0.4 is 5.32 Å². The highest BCUT2D eigenvalue weighted by molar-refractivity contribution is 5.76. The summed E-state index contributed by atoms with van der Waals surface area (Å²) < 4.78 is 0. The summed E-state index contributed by atoms with van der Waals surface area (Å²) in [4.78, 5) is 11.8. The van der Waals surface area contributed by atoms with Crippen molar-refractivity contribution >= 4 is 5.91 Å². The van der Waals surface area contributed by atoms with Crippen molar-refractivity contribution in [1.29, 1.82) is 0 Å². The minimum absolute atomic E-state index is 0.0986. The Bertz CT molecular complexity index is 262. The van der Waals surface area contributed by atoms with Crippen molar-refractivity contribution in [2.75, 3.05) is 6.61 Å². The molecule has 2 rings (SSSR count). The zero-order chi connectivity index (χ0) is 12.8. The summed E-state index contributed by atoms with van der Waals surface area (Å²) in [6.07, 6.45) is 12.8. The maximum absolute atomic E-state index is 11.8. The minimum atomic E-state index is -0.262. The first kappa shape index (κ1) is 13.9. The average Bonchev–Trinajstić information content (AvgIpc) is 2.35. The zero-order valence-electron chi connectivity index (χ0n) is 11.4. The van der Waals surface area contributed by atoms with E-state index in [-0.39, 0.29) is 18.1 Å². The quantitative estimate of drug-likeness (QED) is 0.764. The fourth-order valence-corrected chi connectivity index (χ4v) is 3.31. The molecular formula is C15H27NO2. The van der Waals surface area contributed by atoms with Gasteiger partial charge in [-0.25, -0.2) is 0 Å². The van der Waals surface area contributed by atoms with Gasteiger partial charge < -0.3 is 10.4 Å². The molecule has 0 aromatic rings. The second kappa shape index (κ2) is 6.55. The summed E-state index contributed by atoms with van der Waals surface area (Å²) in [6, 6.07) is 0. The highest BCUT2D eigenvalue weighted by atomic mass is 16.3. The maximum atomic E-state index is 11.8. The molecule has 2 N–H and O–H groups in total. The smallest absolute Gasteiger partial charge is 0.220 e. The predicted molar refractivity (Wildman–Crippen MR) is 72.2 cm³/mol. The monoisotopic (exact) mass is 253 g/mol. The molecule has 0 aromatic carbocycles. The van der Waals surface area contributed by atoms with E-state index in [1.807, 2.05) is 0 Å². The Kier molecular flexibility index (Phi) is 5.04. The van der Waals surface area contributed by atoms with Gasteiger partial charge in [-0.2, -0.15) is 0 Å². The molecule has 0 heterocycles. The Balaban J connectivity index is 1.59. The molecule has 0 spiro atoms. The second-order valence-corrected chi connectivity index (χ2v) is 6.24. The molecule has 1 amide bonds. The molecule has 0 aromatic heterocycles. The summed E-state index contributed by atoms with van der Waals surface area (Å²) in [5.41, 5.74) is -0.262. The Morgan fingerprint density at radius 3 is 2.44 bits per heavy atom. The fraction of sp³-hybridized carbons (Fsp3) is 0.933. The summed E-state index contributed by atoms with van der Waals surface area (Å²) in [5, 5.41) is 12.3. The number of rotatable bonds is 6. The molecule has 2 aliphatic carbocycles. The van der Waals surface area contributed by atoms with Gasteiger partial charge in [-0.1, -0.05) is 32.1 Å². The van der Waals surface area contributed by atoms with Gasteiger partial charge in [0.05, 0.1) is 12.1 Å². The normalized spacial score (nSPS) is 23.4. The van der Waals surface area contributed by atoms with Crippen LogP contribution in [0.15, 0.2) is 0 Å². The van der Waals surface area contributed by atoms with Gasteiger partial charge in [0.25, 0.3) is 0 Å². The van der Waals surface area contributed by atoms with Crippen LogP contribution in [0, 0.1) is 5.92 Å². The molecule has 2 fully saturated rings. The SMILES string of the molecule is O=C(CCCC1CCCCC1)NC1(CO)CCC1. The molecule has 0 atom stereocenters. The Labute approximate surface area is 110 Å². The van der Waals surface area contributed by atoms with Gasteiger partial charge >= 0.3 is 0 Å². The van der Waals surface area contributed by atoms with Crippen LogP contribution in [0.4, 0.5) is 0 Å². The second-order valence-electron chi connectivity index (χ2n) is 6.24. The van der Waals surface area contributed by atoms with Gasteiger partial charge in [0.1, 0.15) is 0 Å². The molecule has 0 unspecified atom stereocenters. The largest absolute Gasteiger partial charge is 0.394 e. The molecule has 18 heavy (non-hydrogen) atoms. The van der Waals surface area contributed by atoms with Crippen molar-refractivity contribution in [3.05, 3.63) is 0 Å². The van der Waals surface area contributed by atoms with Gasteiger partial charge in [-0.15, -0.1) is 0 Å². The van der Waals surface area contributed by atoms with Gasteiger partial charge in [0, 0.05) is 6.42 Å². The van der Waals surface area contributed by atoms with Crippen molar-refractivity contribution in [3.63, 3.8) is 0 Å². The van der Waals surface area contributed by atoms with Crippen molar-refractivity contribution in [2.24, 2.45) is 5.92 Å². The van der Waals surface area contributed by atoms with Gasteiger partial charge in [-0.05, 0) is 38.0 Å². The lowest BCUT2D eigenvalue weighted by Crippen LogP contribution is -2.56. The van der Waals surface area contributed by atoms with E-state index in [2.05, 4.69) is 5.32 Å². The van der Waals surface area contributed by atoms with E-state index in [0.29, 0.717) is 6.42 Å². The third-order valence-electron chi connectivity index (χ3n) is 4.76. The molecule has 3 heteroatoms. The molecule has 0 aliphatic heterocycles. The number of aliphatic hydroxyl groups is 1. The summed E-state index contributed by atoms with van der Waals surface area (Å²) in [7, 11) is 0. The molecule has 0 bridgehead atoms. The van der Waals surface area contributed by atoms with E-state index in [1.54, 1.807) is 0 Å². The number of nitrogens with one attached hydrogen (secondary N) is 1. The third-order valence-corrected chi connectivity index (χ3v) is 4.76. The van der Waals surface area contributed by atoms with Crippen LogP contribution in [0.3, 0.4) is 0 Å². The first-order valence-electron chi connectivity index (χ1n) is 7.66. The van der Waals surface area contributed by atoms with Gasteiger partial charge in [0.2, 0.25) is 5.91 Å². The predicted octanol–water partition coefficient (Wildman–Crippen LogP) is 2.77. The molecule has 2 saturated carbocycles. The van der Waals surface area contributed by atoms with Gasteiger partial charge in [-0.3, -0.25) is 4.79 Å². The highest BCUT2D eigenvalue weighted by Gasteiger charge is 2.37. The van der Waals surface area contributed by atoms with Crippen LogP contribution in [-0.4, -0.2) is 23.2 Å². The van der Waals surface area contributed by atoms with Gasteiger partial charge in [0.15, 0.2) is 0 Å². The number of hydrogen-bond donors (Lipinski definition) is 2. The van der Waals surface area contributed by atoms with Crippen LogP contribution in [0.5, 0.6) is 0 Å². The Morgan fingerprint density at radius 2 is 1.89 bits per heavy atom. The van der Waals surface area contributed by atoms with Crippen LogP contribution in [0.1, 0.15) is 70.6 Å². The number of amides is 1. The topological polar surface area (TPSA) is 49.3 Å². The molecule has 104 valence electrons. The number of carbonyl (C=O) groups excluding carboxylic acids is 1. The minimum Gasteiger partial charge on any atom is -0.394 e. The van der Waals surface area contributed by atoms with E-state index in [4.69, 9.17) is 0 Å². The molecule has 0 saturated heterocycles. The first-order chi connectivity index (χ1) is 8.74. The standard InChI is InChI=1S/C15H27NO2/c17-12-15(10-5-11-15)16-14(18)9-4-8-13-6-2-1-3-7-13/h13,17H,1-12H2,(H,16,18). The van der Waals surface area contributed by atoms with E-state index in [1.165, 1.54) is 38.5 Å². The lowest BCUT2D eigenvalue weighted by Gasteiger charge is -2.41. The Hall–Kier alpha value is -0.570. The van der Waals surface area contributed by atoms with Crippen LogP contribution in [0.2, 0.25) is 0 Å². The van der Waals surface area contributed by atoms with Crippen molar-refractivity contribution in [1.82, 2.24) is 5.32 Å². The number of carbonyl (C=O) groups is 1. The van der Waals surface area contributed by atoms with Crippen molar-refractivity contribution < 1.29 is 9.90 Å². The van der Waals surface area contributed by atoms with Crippen LogP contribution in [0.25, 0.3) is 0 Å². The summed E-state index contributed by atoms with van der Waals surface area (Å²) >= 11 is 0. The van der Waals surface area contributed by atoms with Crippen molar-refractivity contribution in [3.8, 4) is 0 Å². The maximum Gasteiger partial charge on any atom is 0.220 e. The molecule has 3 nitrogen and oxygen atoms in total. The lowest BCUT2D eigenvalue weighted by molar-refractivity contribution is -0.125. The third kappa shape index (κ3) is 3.71. The van der Waals surface area contributed by atoms with Crippen LogP contribution >= 0.6 is 0 Å². The number of hydrogen-bond acceptors (Lipinski definition) is 2. The molecule has 2 aliphatic rings. The van der Waals surface area contributed by atoms with E-state index < -0.39 is 0 Å². The molecule has 0 radical (unpaired) electrons. The van der Waals surface area contributed by atoms with E-state index >= 15 is 0 Å².